The van der Waals surface area contributed by atoms with Crippen LogP contribution in [0.15, 0.2) is 54.7 Å². The fourth-order valence-electron chi connectivity index (χ4n) is 2.97. The summed E-state index contributed by atoms with van der Waals surface area (Å²) in [6.07, 6.45) is 1.75. The minimum Gasteiger partial charge on any atom is -0.390 e. The van der Waals surface area contributed by atoms with Crippen LogP contribution in [0.3, 0.4) is 0 Å². The van der Waals surface area contributed by atoms with E-state index in [2.05, 4.69) is 65.5 Å². The Hall–Kier alpha value is -2.10. The first-order valence-electron chi connectivity index (χ1n) is 7.66. The summed E-state index contributed by atoms with van der Waals surface area (Å²) < 4.78 is 2.15. The van der Waals surface area contributed by atoms with Crippen molar-refractivity contribution in [1.29, 1.82) is 0 Å². The van der Waals surface area contributed by atoms with Crippen LogP contribution < -0.4 is 5.32 Å². The molecule has 0 bridgehead atoms. The number of para-hydroxylation sites is 1. The van der Waals surface area contributed by atoms with Gasteiger partial charge in [0.05, 0.1) is 6.10 Å². The summed E-state index contributed by atoms with van der Waals surface area (Å²) in [5.74, 6) is 0. The van der Waals surface area contributed by atoms with E-state index in [-0.39, 0.29) is 0 Å². The largest absolute Gasteiger partial charge is 0.390 e. The number of hydrogen-bond acceptors (Lipinski definition) is 2. The molecular weight excluding hydrogens is 272 g/mol. The molecular formula is C19H22N2O. The number of aryl methyl sites for hydroxylation is 1. The monoisotopic (exact) mass is 294 g/mol. The minimum atomic E-state index is -0.397. The van der Waals surface area contributed by atoms with Gasteiger partial charge in [-0.25, -0.2) is 0 Å². The summed E-state index contributed by atoms with van der Waals surface area (Å²) in [6.45, 7) is 3.29. The van der Waals surface area contributed by atoms with Gasteiger partial charge in [-0.1, -0.05) is 48.0 Å². The molecule has 1 aromatic heterocycles. The Labute approximate surface area is 131 Å². The number of benzene rings is 2. The van der Waals surface area contributed by atoms with Gasteiger partial charge < -0.3 is 15.0 Å². The second-order valence-electron chi connectivity index (χ2n) is 5.79. The Kier molecular flexibility index (Phi) is 4.27. The van der Waals surface area contributed by atoms with Crippen molar-refractivity contribution in [3.63, 3.8) is 0 Å². The van der Waals surface area contributed by atoms with Gasteiger partial charge >= 0.3 is 0 Å². The average molecular weight is 294 g/mol. The quantitative estimate of drug-likeness (QED) is 0.758. The van der Waals surface area contributed by atoms with Gasteiger partial charge in [0.25, 0.3) is 0 Å². The van der Waals surface area contributed by atoms with Gasteiger partial charge in [-0.3, -0.25) is 0 Å². The molecule has 0 spiro atoms. The maximum atomic E-state index is 10.1. The van der Waals surface area contributed by atoms with Gasteiger partial charge in [-0.15, -0.1) is 0 Å². The Morgan fingerprint density at radius 3 is 2.73 bits per heavy atom. The molecule has 0 fully saturated rings. The first-order chi connectivity index (χ1) is 10.7. The molecule has 114 valence electrons. The van der Waals surface area contributed by atoms with Gasteiger partial charge in [0.1, 0.15) is 0 Å². The summed E-state index contributed by atoms with van der Waals surface area (Å²) in [5, 5.41) is 14.3. The maximum Gasteiger partial charge on any atom is 0.0843 e. The number of nitrogens with zero attached hydrogens (tertiary/aromatic N) is 1. The zero-order valence-electron chi connectivity index (χ0n) is 13.1. The molecule has 0 saturated heterocycles. The van der Waals surface area contributed by atoms with Gasteiger partial charge in [0.15, 0.2) is 0 Å². The number of likely N-dealkylation sites (N-methyl/N-ethyl adjacent to an activating group) is 1. The van der Waals surface area contributed by atoms with Crippen molar-refractivity contribution in [3.8, 4) is 11.1 Å². The number of fused-ring (bicyclic) bond motifs is 1. The summed E-state index contributed by atoms with van der Waals surface area (Å²) in [6, 6.07) is 16.9. The molecule has 3 nitrogen and oxygen atoms in total. The number of hydrogen-bond donors (Lipinski definition) is 2. The molecule has 0 radical (unpaired) electrons. The lowest BCUT2D eigenvalue weighted by molar-refractivity contribution is 0.155. The first kappa shape index (κ1) is 14.8. The van der Waals surface area contributed by atoms with Crippen molar-refractivity contribution >= 4 is 10.9 Å². The Morgan fingerprint density at radius 1 is 1.14 bits per heavy atom. The number of aromatic nitrogens is 1. The normalized spacial score (nSPS) is 12.7. The Morgan fingerprint density at radius 2 is 1.95 bits per heavy atom. The van der Waals surface area contributed by atoms with Crippen LogP contribution in [0, 0.1) is 6.92 Å². The smallest absolute Gasteiger partial charge is 0.0843 e. The van der Waals surface area contributed by atoms with Gasteiger partial charge in [-0.2, -0.15) is 0 Å². The van der Waals surface area contributed by atoms with Crippen LogP contribution in [0.5, 0.6) is 0 Å². The highest BCUT2D eigenvalue weighted by atomic mass is 16.3. The summed E-state index contributed by atoms with van der Waals surface area (Å²) in [7, 11) is 1.86. The van der Waals surface area contributed by atoms with E-state index < -0.39 is 6.10 Å². The standard InChI is InChI=1S/C19H22N2O/c1-14-6-5-7-15(10-14)18-13-21(12-16(22)11-20-2)19-9-4-3-8-17(18)19/h3-10,13,16,20,22H,11-12H2,1-2H3. The van der Waals surface area contributed by atoms with E-state index in [4.69, 9.17) is 0 Å². The molecule has 1 heterocycles. The minimum absolute atomic E-state index is 0.397. The molecule has 3 heteroatoms. The van der Waals surface area contributed by atoms with Crippen LogP contribution in [0.1, 0.15) is 5.56 Å². The van der Waals surface area contributed by atoms with Crippen LogP contribution in [0.25, 0.3) is 22.0 Å². The van der Waals surface area contributed by atoms with Gasteiger partial charge in [0, 0.05) is 35.8 Å². The molecule has 0 saturated carbocycles. The molecule has 1 atom stereocenters. The highest BCUT2D eigenvalue weighted by Gasteiger charge is 2.12. The number of rotatable bonds is 5. The van der Waals surface area contributed by atoms with E-state index in [1.165, 1.54) is 22.1 Å². The fraction of sp³-hybridized carbons (Fsp3) is 0.263. The highest BCUT2D eigenvalue weighted by Crippen LogP contribution is 2.31. The van der Waals surface area contributed by atoms with Crippen LogP contribution in [0.4, 0.5) is 0 Å². The van der Waals surface area contributed by atoms with Crippen molar-refractivity contribution in [2.24, 2.45) is 0 Å². The number of aliphatic hydroxyl groups excluding tert-OH is 1. The predicted molar refractivity (Wildman–Crippen MR) is 92.0 cm³/mol. The van der Waals surface area contributed by atoms with Crippen molar-refractivity contribution in [2.45, 2.75) is 19.6 Å². The molecule has 0 aliphatic carbocycles. The van der Waals surface area contributed by atoms with Crippen LogP contribution >= 0.6 is 0 Å². The fourth-order valence-corrected chi connectivity index (χ4v) is 2.97. The molecule has 3 aromatic rings. The molecule has 22 heavy (non-hydrogen) atoms. The van der Waals surface area contributed by atoms with Crippen molar-refractivity contribution in [3.05, 3.63) is 60.3 Å². The van der Waals surface area contributed by atoms with Crippen LogP contribution in [0.2, 0.25) is 0 Å². The maximum absolute atomic E-state index is 10.1. The van der Waals surface area contributed by atoms with Crippen molar-refractivity contribution in [1.82, 2.24) is 9.88 Å². The zero-order chi connectivity index (χ0) is 15.5. The lowest BCUT2D eigenvalue weighted by atomic mass is 10.0. The topological polar surface area (TPSA) is 37.2 Å². The van der Waals surface area contributed by atoms with Gasteiger partial charge in [-0.05, 0) is 25.6 Å². The molecule has 2 aromatic carbocycles. The first-order valence-corrected chi connectivity index (χ1v) is 7.66. The van der Waals surface area contributed by atoms with Crippen LogP contribution in [-0.2, 0) is 6.54 Å². The SMILES string of the molecule is CNCC(O)Cn1cc(-c2cccc(C)c2)c2ccccc21. The van der Waals surface area contributed by atoms with Crippen molar-refractivity contribution in [2.75, 3.05) is 13.6 Å². The molecule has 0 aliphatic heterocycles. The Bertz CT molecular complexity index is 776. The molecule has 0 aliphatic rings. The molecule has 2 N–H and O–H groups in total. The summed E-state index contributed by atoms with van der Waals surface area (Å²) in [4.78, 5) is 0. The van der Waals surface area contributed by atoms with E-state index in [0.29, 0.717) is 13.1 Å². The third-order valence-electron chi connectivity index (χ3n) is 3.96. The molecule has 0 amide bonds. The molecule has 3 rings (SSSR count). The lowest BCUT2D eigenvalue weighted by Crippen LogP contribution is -2.27. The number of aliphatic hydroxyl groups is 1. The zero-order valence-corrected chi connectivity index (χ0v) is 13.1. The third kappa shape index (κ3) is 2.91. The number of nitrogens with one attached hydrogen (secondary N) is 1. The van der Waals surface area contributed by atoms with E-state index in [9.17, 15) is 5.11 Å². The summed E-state index contributed by atoms with van der Waals surface area (Å²) >= 11 is 0. The summed E-state index contributed by atoms with van der Waals surface area (Å²) in [5.41, 5.74) is 4.85. The molecule has 1 unspecified atom stereocenters. The van der Waals surface area contributed by atoms with Crippen molar-refractivity contribution < 1.29 is 5.11 Å². The predicted octanol–water partition coefficient (Wildman–Crippen LogP) is 3.20. The highest BCUT2D eigenvalue weighted by molar-refractivity contribution is 5.96. The second-order valence-corrected chi connectivity index (χ2v) is 5.79. The van der Waals surface area contributed by atoms with Gasteiger partial charge in [0.2, 0.25) is 0 Å². The lowest BCUT2D eigenvalue weighted by Gasteiger charge is -2.11. The van der Waals surface area contributed by atoms with E-state index in [1.807, 2.05) is 13.1 Å². The average Bonchev–Trinajstić information content (AvgIpc) is 2.87. The van der Waals surface area contributed by atoms with E-state index in [0.717, 1.165) is 5.52 Å². The Balaban J connectivity index is 2.08. The third-order valence-corrected chi connectivity index (χ3v) is 3.96. The van der Waals surface area contributed by atoms with Crippen LogP contribution in [-0.4, -0.2) is 29.4 Å². The second kappa shape index (κ2) is 6.34. The van der Waals surface area contributed by atoms with E-state index >= 15 is 0 Å². The van der Waals surface area contributed by atoms with E-state index in [1.54, 1.807) is 0 Å².